The summed E-state index contributed by atoms with van der Waals surface area (Å²) in [5.41, 5.74) is 3.08. The van der Waals surface area contributed by atoms with Crippen LogP contribution in [-0.4, -0.2) is 19.7 Å². The minimum absolute atomic E-state index is 0.852. The monoisotopic (exact) mass is 224 g/mol. The number of aryl methyl sites for hydroxylation is 1. The number of para-hydroxylation sites is 1. The van der Waals surface area contributed by atoms with Crippen LogP contribution in [0, 0.1) is 6.92 Å². The van der Waals surface area contributed by atoms with Crippen molar-refractivity contribution in [2.75, 3.05) is 0 Å². The Bertz CT molecular complexity index is 622. The van der Waals surface area contributed by atoms with Gasteiger partial charge in [0.2, 0.25) is 0 Å². The van der Waals surface area contributed by atoms with E-state index in [9.17, 15) is 0 Å². The lowest BCUT2D eigenvalue weighted by atomic mass is 10.3. The van der Waals surface area contributed by atoms with Crippen molar-refractivity contribution in [2.45, 2.75) is 6.92 Å². The van der Waals surface area contributed by atoms with Crippen molar-refractivity contribution in [2.24, 2.45) is 0 Å². The van der Waals surface area contributed by atoms with Gasteiger partial charge < -0.3 is 4.98 Å². The molecule has 0 spiro atoms. The van der Waals surface area contributed by atoms with Crippen LogP contribution in [0.1, 0.15) is 5.69 Å². The topological polar surface area (TPSA) is 46.5 Å². The van der Waals surface area contributed by atoms with E-state index < -0.39 is 0 Å². The van der Waals surface area contributed by atoms with Crippen LogP contribution >= 0.6 is 0 Å². The molecule has 3 aromatic rings. The minimum Gasteiger partial charge on any atom is -0.342 e. The van der Waals surface area contributed by atoms with E-state index in [0.717, 1.165) is 22.8 Å². The van der Waals surface area contributed by atoms with Gasteiger partial charge in [0.15, 0.2) is 0 Å². The van der Waals surface area contributed by atoms with Gasteiger partial charge in [0.05, 0.1) is 17.4 Å². The molecule has 0 unspecified atom stereocenters. The molecule has 4 heteroatoms. The molecule has 2 aromatic heterocycles. The highest BCUT2D eigenvalue weighted by molar-refractivity contribution is 5.53. The average molecular weight is 224 g/mol. The van der Waals surface area contributed by atoms with E-state index in [2.05, 4.69) is 15.1 Å². The molecule has 0 atom stereocenters. The van der Waals surface area contributed by atoms with Gasteiger partial charge in [0.25, 0.3) is 0 Å². The lowest BCUT2D eigenvalue weighted by Crippen LogP contribution is -1.92. The van der Waals surface area contributed by atoms with Crippen LogP contribution < -0.4 is 0 Å². The number of aromatic amines is 1. The summed E-state index contributed by atoms with van der Waals surface area (Å²) in [4.78, 5) is 7.48. The molecule has 84 valence electrons. The third-order valence-corrected chi connectivity index (χ3v) is 2.58. The first kappa shape index (κ1) is 9.84. The Morgan fingerprint density at radius 2 is 1.94 bits per heavy atom. The fourth-order valence-corrected chi connectivity index (χ4v) is 1.73. The number of hydrogen-bond donors (Lipinski definition) is 1. The molecule has 0 saturated carbocycles. The van der Waals surface area contributed by atoms with Crippen molar-refractivity contribution in [1.29, 1.82) is 0 Å². The molecule has 0 fully saturated rings. The molecular weight excluding hydrogens is 212 g/mol. The number of nitrogens with zero attached hydrogens (tertiary/aromatic N) is 3. The second kappa shape index (κ2) is 3.90. The Morgan fingerprint density at radius 1 is 1.12 bits per heavy atom. The van der Waals surface area contributed by atoms with Crippen molar-refractivity contribution in [1.82, 2.24) is 19.7 Å². The molecular formula is C13H12N4. The maximum atomic E-state index is 4.33. The molecule has 17 heavy (non-hydrogen) atoms. The summed E-state index contributed by atoms with van der Waals surface area (Å²) in [6.07, 6.45) is 5.59. The number of imidazole rings is 1. The fraction of sp³-hybridized carbons (Fsp3) is 0.0769. The lowest BCUT2D eigenvalue weighted by Gasteiger charge is -1.98. The van der Waals surface area contributed by atoms with Crippen molar-refractivity contribution in [3.05, 3.63) is 54.6 Å². The number of hydrogen-bond acceptors (Lipinski definition) is 2. The maximum absolute atomic E-state index is 4.33. The fourth-order valence-electron chi connectivity index (χ4n) is 1.73. The van der Waals surface area contributed by atoms with E-state index in [1.54, 1.807) is 0 Å². The average Bonchev–Trinajstić information content (AvgIpc) is 2.98. The number of benzene rings is 1. The highest BCUT2D eigenvalue weighted by atomic mass is 15.3. The quantitative estimate of drug-likeness (QED) is 0.727. The van der Waals surface area contributed by atoms with Crippen LogP contribution in [0.3, 0.4) is 0 Å². The predicted molar refractivity (Wildman–Crippen MR) is 65.9 cm³/mol. The van der Waals surface area contributed by atoms with E-state index >= 15 is 0 Å². The molecule has 0 saturated heterocycles. The van der Waals surface area contributed by atoms with Crippen molar-refractivity contribution in [3.8, 4) is 17.1 Å². The molecule has 0 amide bonds. The molecule has 0 bridgehead atoms. The van der Waals surface area contributed by atoms with E-state index in [1.807, 2.05) is 60.5 Å². The van der Waals surface area contributed by atoms with Gasteiger partial charge in [-0.25, -0.2) is 9.67 Å². The summed E-state index contributed by atoms with van der Waals surface area (Å²) in [6.45, 7) is 1.98. The first-order valence-electron chi connectivity index (χ1n) is 5.45. The smallest absolute Gasteiger partial charge is 0.140 e. The molecule has 0 radical (unpaired) electrons. The second-order valence-corrected chi connectivity index (χ2v) is 3.92. The maximum Gasteiger partial charge on any atom is 0.140 e. The Morgan fingerprint density at radius 3 is 2.65 bits per heavy atom. The highest BCUT2D eigenvalue weighted by Crippen LogP contribution is 2.16. The van der Waals surface area contributed by atoms with E-state index in [1.165, 1.54) is 0 Å². The summed E-state index contributed by atoms with van der Waals surface area (Å²) in [5, 5.41) is 4.33. The standard InChI is InChI=1S/C13H12N4/c1-10-7-14-13(16-10)11-8-15-17(9-11)12-5-3-2-4-6-12/h2-9H,1H3,(H,14,16). The zero-order valence-electron chi connectivity index (χ0n) is 9.46. The third-order valence-electron chi connectivity index (χ3n) is 2.58. The van der Waals surface area contributed by atoms with Gasteiger partial charge in [-0.05, 0) is 19.1 Å². The van der Waals surface area contributed by atoms with Crippen molar-refractivity contribution >= 4 is 0 Å². The zero-order valence-corrected chi connectivity index (χ0v) is 9.46. The highest BCUT2D eigenvalue weighted by Gasteiger charge is 2.05. The van der Waals surface area contributed by atoms with Gasteiger partial charge in [-0.2, -0.15) is 5.10 Å². The summed E-state index contributed by atoms with van der Waals surface area (Å²) in [6, 6.07) is 10.0. The number of aromatic nitrogens is 4. The minimum atomic E-state index is 0.852. The summed E-state index contributed by atoms with van der Waals surface area (Å²) >= 11 is 0. The number of rotatable bonds is 2. The Balaban J connectivity index is 1.99. The Labute approximate surface area is 98.9 Å². The van der Waals surface area contributed by atoms with Crippen molar-refractivity contribution in [3.63, 3.8) is 0 Å². The van der Waals surface area contributed by atoms with Gasteiger partial charge in [0.1, 0.15) is 5.82 Å². The van der Waals surface area contributed by atoms with Crippen LogP contribution in [0.15, 0.2) is 48.9 Å². The molecule has 2 heterocycles. The number of nitrogens with one attached hydrogen (secondary N) is 1. The molecule has 1 aromatic carbocycles. The van der Waals surface area contributed by atoms with Gasteiger partial charge >= 0.3 is 0 Å². The van der Waals surface area contributed by atoms with Crippen LogP contribution in [0.5, 0.6) is 0 Å². The van der Waals surface area contributed by atoms with Gasteiger partial charge in [-0.3, -0.25) is 0 Å². The van der Waals surface area contributed by atoms with Gasteiger partial charge in [0, 0.05) is 18.1 Å². The molecule has 0 aliphatic carbocycles. The van der Waals surface area contributed by atoms with Crippen molar-refractivity contribution < 1.29 is 0 Å². The van der Waals surface area contributed by atoms with Gasteiger partial charge in [-0.1, -0.05) is 18.2 Å². The van der Waals surface area contributed by atoms with E-state index in [-0.39, 0.29) is 0 Å². The van der Waals surface area contributed by atoms with Crippen LogP contribution in [0.4, 0.5) is 0 Å². The van der Waals surface area contributed by atoms with E-state index in [0.29, 0.717) is 0 Å². The molecule has 1 N–H and O–H groups in total. The molecule has 0 aliphatic rings. The SMILES string of the molecule is Cc1cnc(-c2cnn(-c3ccccc3)c2)[nH]1. The van der Waals surface area contributed by atoms with Crippen LogP contribution in [0.2, 0.25) is 0 Å². The summed E-state index contributed by atoms with van der Waals surface area (Å²) < 4.78 is 1.84. The third kappa shape index (κ3) is 1.85. The molecule has 0 aliphatic heterocycles. The Hall–Kier alpha value is -2.36. The Kier molecular flexibility index (Phi) is 2.26. The predicted octanol–water partition coefficient (Wildman–Crippen LogP) is 2.57. The van der Waals surface area contributed by atoms with Crippen LogP contribution in [0.25, 0.3) is 17.1 Å². The summed E-state index contributed by atoms with van der Waals surface area (Å²) in [5.74, 6) is 0.852. The first-order valence-corrected chi connectivity index (χ1v) is 5.45. The zero-order chi connectivity index (χ0) is 11.7. The molecule has 4 nitrogen and oxygen atoms in total. The normalized spacial score (nSPS) is 10.6. The van der Waals surface area contributed by atoms with Crippen LogP contribution in [-0.2, 0) is 0 Å². The second-order valence-electron chi connectivity index (χ2n) is 3.92. The first-order chi connectivity index (χ1) is 8.33. The number of H-pyrrole nitrogens is 1. The molecule has 3 rings (SSSR count). The lowest BCUT2D eigenvalue weighted by molar-refractivity contribution is 0.880. The largest absolute Gasteiger partial charge is 0.342 e. The summed E-state index contributed by atoms with van der Waals surface area (Å²) in [7, 11) is 0. The van der Waals surface area contributed by atoms with E-state index in [4.69, 9.17) is 0 Å². The van der Waals surface area contributed by atoms with Gasteiger partial charge in [-0.15, -0.1) is 0 Å².